The zero-order valence-electron chi connectivity index (χ0n) is 12.0. The van der Waals surface area contributed by atoms with Crippen LogP contribution < -0.4 is 0 Å². The molecule has 3 heterocycles. The molecule has 5 heteroatoms. The third-order valence-corrected chi connectivity index (χ3v) is 5.24. The first kappa shape index (κ1) is 14.0. The van der Waals surface area contributed by atoms with Crippen LogP contribution in [0.15, 0.2) is 16.8 Å². The van der Waals surface area contributed by atoms with Gasteiger partial charge in [0, 0.05) is 38.7 Å². The third kappa shape index (κ3) is 2.90. The first-order valence-electron chi connectivity index (χ1n) is 7.30. The summed E-state index contributed by atoms with van der Waals surface area (Å²) in [5, 5.41) is 3.93. The van der Waals surface area contributed by atoms with Crippen LogP contribution in [0, 0.1) is 11.8 Å². The number of rotatable bonds is 4. The number of nitrogens with zero attached hydrogens (tertiary/aromatic N) is 2. The Labute approximate surface area is 124 Å². The van der Waals surface area contributed by atoms with E-state index in [0.29, 0.717) is 11.8 Å². The van der Waals surface area contributed by atoms with E-state index in [9.17, 15) is 4.79 Å². The molecule has 0 bridgehead atoms. The summed E-state index contributed by atoms with van der Waals surface area (Å²) in [5.41, 5.74) is 0.852. The maximum Gasteiger partial charge on any atom is 0.254 e. The fourth-order valence-electron chi connectivity index (χ4n) is 3.40. The van der Waals surface area contributed by atoms with Gasteiger partial charge in [0.15, 0.2) is 0 Å². The lowest BCUT2D eigenvalue weighted by atomic mass is 9.89. The number of hydrogen-bond donors (Lipinski definition) is 0. The van der Waals surface area contributed by atoms with Gasteiger partial charge >= 0.3 is 0 Å². The number of fused-ring (bicyclic) bond motifs is 1. The highest BCUT2D eigenvalue weighted by Gasteiger charge is 2.38. The van der Waals surface area contributed by atoms with Crippen molar-refractivity contribution in [3.63, 3.8) is 0 Å². The molecule has 2 aliphatic heterocycles. The molecule has 0 aromatic carbocycles. The van der Waals surface area contributed by atoms with Crippen LogP contribution in [0.3, 0.4) is 0 Å². The highest BCUT2D eigenvalue weighted by molar-refractivity contribution is 7.08. The lowest BCUT2D eigenvalue weighted by Crippen LogP contribution is -2.41. The summed E-state index contributed by atoms with van der Waals surface area (Å²) in [4.78, 5) is 16.9. The van der Waals surface area contributed by atoms with E-state index in [4.69, 9.17) is 4.74 Å². The number of carbonyl (C=O) groups is 1. The number of carbonyl (C=O) groups excluding carboxylic acids is 1. The van der Waals surface area contributed by atoms with Crippen molar-refractivity contribution in [3.05, 3.63) is 22.4 Å². The first-order chi connectivity index (χ1) is 9.78. The zero-order chi connectivity index (χ0) is 13.9. The normalized spacial score (nSPS) is 26.8. The average molecular weight is 294 g/mol. The summed E-state index contributed by atoms with van der Waals surface area (Å²) in [5.74, 6) is 1.55. The Morgan fingerprint density at radius 1 is 1.40 bits per heavy atom. The molecule has 2 aliphatic rings. The summed E-state index contributed by atoms with van der Waals surface area (Å²) in [6.45, 7) is 5.93. The van der Waals surface area contributed by atoms with Crippen molar-refractivity contribution in [3.8, 4) is 0 Å². The minimum Gasteiger partial charge on any atom is -0.383 e. The quantitative estimate of drug-likeness (QED) is 0.849. The van der Waals surface area contributed by atoms with Crippen LogP contribution >= 0.6 is 11.3 Å². The average Bonchev–Trinajstić information content (AvgIpc) is 3.12. The summed E-state index contributed by atoms with van der Waals surface area (Å²) in [7, 11) is 1.75. The number of hydrogen-bond acceptors (Lipinski definition) is 4. The Balaban J connectivity index is 1.57. The lowest BCUT2D eigenvalue weighted by molar-refractivity contribution is 0.0783. The Morgan fingerprint density at radius 3 is 3.00 bits per heavy atom. The summed E-state index contributed by atoms with van der Waals surface area (Å²) >= 11 is 1.59. The molecular weight excluding hydrogens is 272 g/mol. The Bertz CT molecular complexity index is 449. The van der Waals surface area contributed by atoms with Gasteiger partial charge in [0.05, 0.1) is 12.2 Å². The molecule has 1 amide bonds. The van der Waals surface area contributed by atoms with Gasteiger partial charge in [-0.2, -0.15) is 11.3 Å². The van der Waals surface area contributed by atoms with E-state index < -0.39 is 0 Å². The second-order valence-electron chi connectivity index (χ2n) is 5.82. The van der Waals surface area contributed by atoms with Crippen molar-refractivity contribution < 1.29 is 9.53 Å². The SMILES string of the molecule is COCCN1CC[C@H]2CN(C(=O)c3ccsc3)C[C@H]2C1. The summed E-state index contributed by atoms with van der Waals surface area (Å²) in [6, 6.07) is 1.93. The number of thiophene rings is 1. The molecule has 20 heavy (non-hydrogen) atoms. The number of piperidine rings is 1. The Kier molecular flexibility index (Phi) is 4.38. The molecule has 0 aliphatic carbocycles. The van der Waals surface area contributed by atoms with Gasteiger partial charge in [0.2, 0.25) is 0 Å². The minimum absolute atomic E-state index is 0.212. The van der Waals surface area contributed by atoms with Gasteiger partial charge < -0.3 is 14.5 Å². The molecule has 110 valence electrons. The number of ether oxygens (including phenoxy) is 1. The Hall–Kier alpha value is -0.910. The molecule has 0 N–H and O–H groups in total. The van der Waals surface area contributed by atoms with E-state index in [2.05, 4.69) is 9.80 Å². The van der Waals surface area contributed by atoms with Gasteiger partial charge in [0.1, 0.15) is 0 Å². The van der Waals surface area contributed by atoms with Crippen molar-refractivity contribution in [2.75, 3.05) is 46.4 Å². The Morgan fingerprint density at radius 2 is 2.25 bits per heavy atom. The molecule has 4 nitrogen and oxygen atoms in total. The molecule has 0 saturated carbocycles. The van der Waals surface area contributed by atoms with Gasteiger partial charge in [-0.25, -0.2) is 0 Å². The summed E-state index contributed by atoms with van der Waals surface area (Å²) < 4.78 is 5.16. The number of amides is 1. The van der Waals surface area contributed by atoms with E-state index in [0.717, 1.165) is 44.9 Å². The van der Waals surface area contributed by atoms with Crippen LogP contribution in [0.2, 0.25) is 0 Å². The maximum atomic E-state index is 12.4. The highest BCUT2D eigenvalue weighted by Crippen LogP contribution is 2.32. The van der Waals surface area contributed by atoms with E-state index in [1.54, 1.807) is 18.4 Å². The third-order valence-electron chi connectivity index (χ3n) is 4.55. The molecule has 0 spiro atoms. The molecule has 2 saturated heterocycles. The zero-order valence-corrected chi connectivity index (χ0v) is 12.8. The fourth-order valence-corrected chi connectivity index (χ4v) is 4.03. The van der Waals surface area contributed by atoms with Gasteiger partial charge in [-0.15, -0.1) is 0 Å². The second kappa shape index (κ2) is 6.24. The van der Waals surface area contributed by atoms with E-state index >= 15 is 0 Å². The van der Waals surface area contributed by atoms with Gasteiger partial charge in [0.25, 0.3) is 5.91 Å². The highest BCUT2D eigenvalue weighted by atomic mass is 32.1. The fraction of sp³-hybridized carbons (Fsp3) is 0.667. The first-order valence-corrected chi connectivity index (χ1v) is 8.25. The van der Waals surface area contributed by atoms with Crippen LogP contribution in [-0.2, 0) is 4.74 Å². The topological polar surface area (TPSA) is 32.8 Å². The standard InChI is InChI=1S/C15H22N2O2S/c1-19-6-5-16-4-2-12-9-17(10-14(12)8-16)15(18)13-3-7-20-11-13/h3,7,11-12,14H,2,4-6,8-10H2,1H3/t12-,14+/m0/s1. The van der Waals surface area contributed by atoms with Crippen LogP contribution in [0.25, 0.3) is 0 Å². The van der Waals surface area contributed by atoms with Gasteiger partial charge in [-0.3, -0.25) is 4.79 Å². The van der Waals surface area contributed by atoms with E-state index in [1.807, 2.05) is 16.8 Å². The van der Waals surface area contributed by atoms with Crippen molar-refractivity contribution in [2.45, 2.75) is 6.42 Å². The number of methoxy groups -OCH3 is 1. The predicted molar refractivity (Wildman–Crippen MR) is 80.1 cm³/mol. The largest absolute Gasteiger partial charge is 0.383 e. The van der Waals surface area contributed by atoms with Gasteiger partial charge in [-0.1, -0.05) is 0 Å². The summed E-state index contributed by atoms with van der Waals surface area (Å²) in [6.07, 6.45) is 1.21. The molecule has 2 atom stereocenters. The van der Waals surface area contributed by atoms with Crippen LogP contribution in [0.5, 0.6) is 0 Å². The number of likely N-dealkylation sites (tertiary alicyclic amines) is 2. The molecule has 1 aromatic rings. The second-order valence-corrected chi connectivity index (χ2v) is 6.60. The van der Waals surface area contributed by atoms with Crippen LogP contribution in [0.4, 0.5) is 0 Å². The van der Waals surface area contributed by atoms with E-state index in [1.165, 1.54) is 6.42 Å². The molecular formula is C15H22N2O2S. The molecule has 3 rings (SSSR count). The van der Waals surface area contributed by atoms with Gasteiger partial charge in [-0.05, 0) is 36.2 Å². The monoisotopic (exact) mass is 294 g/mol. The minimum atomic E-state index is 0.212. The van der Waals surface area contributed by atoms with Crippen molar-refractivity contribution in [1.29, 1.82) is 0 Å². The van der Waals surface area contributed by atoms with Crippen LogP contribution in [-0.4, -0.2) is 62.1 Å². The molecule has 2 fully saturated rings. The predicted octanol–water partition coefficient (Wildman–Crippen LogP) is 1.79. The molecule has 1 aromatic heterocycles. The van der Waals surface area contributed by atoms with E-state index in [-0.39, 0.29) is 5.91 Å². The molecule has 0 unspecified atom stereocenters. The molecule has 0 radical (unpaired) electrons. The van der Waals surface area contributed by atoms with Crippen molar-refractivity contribution in [2.24, 2.45) is 11.8 Å². The van der Waals surface area contributed by atoms with Crippen molar-refractivity contribution >= 4 is 17.2 Å². The van der Waals surface area contributed by atoms with Crippen molar-refractivity contribution in [1.82, 2.24) is 9.80 Å². The lowest BCUT2D eigenvalue weighted by Gasteiger charge is -2.33. The van der Waals surface area contributed by atoms with Crippen LogP contribution in [0.1, 0.15) is 16.8 Å². The maximum absolute atomic E-state index is 12.4. The smallest absolute Gasteiger partial charge is 0.254 e.